The smallest absolute Gasteiger partial charge is 0.153 e. The number of para-hydroxylation sites is 3. The summed E-state index contributed by atoms with van der Waals surface area (Å²) in [6.45, 7) is 3.49. The Bertz CT molecular complexity index is 1320. The summed E-state index contributed by atoms with van der Waals surface area (Å²) in [5.74, 6) is 2.71. The molecule has 1 unspecified atom stereocenters. The second kappa shape index (κ2) is 9.15. The van der Waals surface area contributed by atoms with Crippen LogP contribution in [0.25, 0.3) is 21.8 Å². The van der Waals surface area contributed by atoms with Gasteiger partial charge in [-0.3, -0.25) is 0 Å². The van der Waals surface area contributed by atoms with Gasteiger partial charge in [0.1, 0.15) is 11.5 Å². The Labute approximate surface area is 188 Å². The van der Waals surface area contributed by atoms with Crippen LogP contribution in [-0.2, 0) is 6.54 Å². The molecule has 1 aromatic heterocycles. The van der Waals surface area contributed by atoms with Gasteiger partial charge in [0.2, 0.25) is 0 Å². The van der Waals surface area contributed by atoms with E-state index in [1.807, 2.05) is 54.6 Å². The monoisotopic (exact) mass is 422 g/mol. The van der Waals surface area contributed by atoms with Gasteiger partial charge in [-0.2, -0.15) is 0 Å². The first-order chi connectivity index (χ1) is 15.8. The third kappa shape index (κ3) is 4.17. The molecule has 4 heteroatoms. The number of aryl methyl sites for hydroxylation is 1. The standard InChI is InChI=1S/C28H26N2O2/c1-21(32-23-13-3-2-4-14-23)28-29-25-16-7-8-17-26(25)30(28)19-10-20-31-27-18-9-12-22-11-5-6-15-24(22)27/h2-9,11-18,21H,10,19-20H2,1H3. The normalized spacial score (nSPS) is 12.2. The second-order valence-electron chi connectivity index (χ2n) is 7.86. The molecule has 1 heterocycles. The molecule has 0 fully saturated rings. The highest BCUT2D eigenvalue weighted by atomic mass is 16.5. The molecule has 32 heavy (non-hydrogen) atoms. The number of ether oxygens (including phenoxy) is 2. The average molecular weight is 423 g/mol. The third-order valence-electron chi connectivity index (χ3n) is 5.64. The predicted molar refractivity (Wildman–Crippen MR) is 129 cm³/mol. The zero-order valence-electron chi connectivity index (χ0n) is 18.1. The van der Waals surface area contributed by atoms with Gasteiger partial charge in [0.05, 0.1) is 17.6 Å². The average Bonchev–Trinajstić information content (AvgIpc) is 3.21. The SMILES string of the molecule is CC(Oc1ccccc1)c1nc2ccccc2n1CCCOc1cccc2ccccc12. The molecule has 160 valence electrons. The Balaban J connectivity index is 1.32. The van der Waals surface area contributed by atoms with Crippen LogP contribution >= 0.6 is 0 Å². The van der Waals surface area contributed by atoms with E-state index in [9.17, 15) is 0 Å². The molecule has 0 N–H and O–H groups in total. The van der Waals surface area contributed by atoms with Gasteiger partial charge in [0, 0.05) is 11.9 Å². The number of imidazole rings is 1. The van der Waals surface area contributed by atoms with Crippen molar-refractivity contribution in [3.05, 3.63) is 103 Å². The largest absolute Gasteiger partial charge is 0.493 e. The van der Waals surface area contributed by atoms with Crippen LogP contribution in [-0.4, -0.2) is 16.2 Å². The molecule has 5 aromatic rings. The van der Waals surface area contributed by atoms with Crippen molar-refractivity contribution in [2.24, 2.45) is 0 Å². The minimum atomic E-state index is -0.163. The van der Waals surface area contributed by atoms with E-state index in [1.54, 1.807) is 0 Å². The quantitative estimate of drug-likeness (QED) is 0.258. The zero-order valence-corrected chi connectivity index (χ0v) is 18.1. The van der Waals surface area contributed by atoms with Gasteiger partial charge in [-0.15, -0.1) is 0 Å². The van der Waals surface area contributed by atoms with E-state index in [4.69, 9.17) is 14.5 Å². The molecule has 0 saturated heterocycles. The molecule has 4 aromatic carbocycles. The lowest BCUT2D eigenvalue weighted by molar-refractivity contribution is 0.210. The van der Waals surface area contributed by atoms with Crippen molar-refractivity contribution in [2.45, 2.75) is 26.0 Å². The van der Waals surface area contributed by atoms with Crippen molar-refractivity contribution in [3.63, 3.8) is 0 Å². The number of hydrogen-bond acceptors (Lipinski definition) is 3. The molecule has 0 aliphatic rings. The molecule has 0 radical (unpaired) electrons. The number of fused-ring (bicyclic) bond motifs is 2. The van der Waals surface area contributed by atoms with E-state index in [2.05, 4.69) is 54.0 Å². The molecule has 0 aliphatic carbocycles. The summed E-state index contributed by atoms with van der Waals surface area (Å²) in [5.41, 5.74) is 2.11. The van der Waals surface area contributed by atoms with E-state index in [1.165, 1.54) is 5.39 Å². The molecule has 4 nitrogen and oxygen atoms in total. The van der Waals surface area contributed by atoms with Crippen molar-refractivity contribution in [2.75, 3.05) is 6.61 Å². The van der Waals surface area contributed by atoms with Crippen molar-refractivity contribution < 1.29 is 9.47 Å². The van der Waals surface area contributed by atoms with E-state index < -0.39 is 0 Å². The Morgan fingerprint density at radius 2 is 1.56 bits per heavy atom. The van der Waals surface area contributed by atoms with Gasteiger partial charge in [0.15, 0.2) is 11.9 Å². The molecule has 0 amide bonds. The minimum Gasteiger partial charge on any atom is -0.493 e. The number of nitrogens with zero attached hydrogens (tertiary/aromatic N) is 2. The molecule has 0 aliphatic heterocycles. The molecular formula is C28H26N2O2. The van der Waals surface area contributed by atoms with E-state index in [-0.39, 0.29) is 6.10 Å². The maximum Gasteiger partial charge on any atom is 0.153 e. The summed E-state index contributed by atoms with van der Waals surface area (Å²) in [4.78, 5) is 4.88. The molecule has 5 rings (SSSR count). The highest BCUT2D eigenvalue weighted by Gasteiger charge is 2.18. The Kier molecular flexibility index (Phi) is 5.75. The van der Waals surface area contributed by atoms with E-state index in [0.717, 1.165) is 46.7 Å². The Hall–Kier alpha value is -3.79. The summed E-state index contributed by atoms with van der Waals surface area (Å²) in [5, 5.41) is 2.34. The number of rotatable bonds is 8. The third-order valence-corrected chi connectivity index (χ3v) is 5.64. The fourth-order valence-electron chi connectivity index (χ4n) is 4.12. The van der Waals surface area contributed by atoms with Crippen LogP contribution in [0.4, 0.5) is 0 Å². The van der Waals surface area contributed by atoms with Gasteiger partial charge >= 0.3 is 0 Å². The van der Waals surface area contributed by atoms with Crippen LogP contribution < -0.4 is 9.47 Å². The first-order valence-electron chi connectivity index (χ1n) is 11.1. The Morgan fingerprint density at radius 3 is 2.47 bits per heavy atom. The topological polar surface area (TPSA) is 36.3 Å². The van der Waals surface area contributed by atoms with Crippen molar-refractivity contribution in [1.82, 2.24) is 9.55 Å². The number of hydrogen-bond donors (Lipinski definition) is 0. The van der Waals surface area contributed by atoms with Crippen LogP contribution in [0.15, 0.2) is 97.1 Å². The minimum absolute atomic E-state index is 0.163. The highest BCUT2D eigenvalue weighted by Crippen LogP contribution is 2.27. The molecule has 1 atom stereocenters. The highest BCUT2D eigenvalue weighted by molar-refractivity contribution is 5.88. The maximum absolute atomic E-state index is 6.18. The van der Waals surface area contributed by atoms with Crippen LogP contribution in [0.5, 0.6) is 11.5 Å². The number of aromatic nitrogens is 2. The lowest BCUT2D eigenvalue weighted by Gasteiger charge is -2.17. The van der Waals surface area contributed by atoms with Gasteiger partial charge in [-0.05, 0) is 49.1 Å². The van der Waals surface area contributed by atoms with Crippen molar-refractivity contribution in [1.29, 1.82) is 0 Å². The van der Waals surface area contributed by atoms with Crippen LogP contribution in [0, 0.1) is 0 Å². The lowest BCUT2D eigenvalue weighted by atomic mass is 10.1. The summed E-state index contributed by atoms with van der Waals surface area (Å²) < 4.78 is 14.6. The molecule has 0 spiro atoms. The van der Waals surface area contributed by atoms with Gasteiger partial charge in [-0.25, -0.2) is 4.98 Å². The van der Waals surface area contributed by atoms with Crippen molar-refractivity contribution in [3.8, 4) is 11.5 Å². The molecule has 0 saturated carbocycles. The maximum atomic E-state index is 6.18. The van der Waals surface area contributed by atoms with Gasteiger partial charge in [-0.1, -0.05) is 66.7 Å². The van der Waals surface area contributed by atoms with E-state index >= 15 is 0 Å². The lowest BCUT2D eigenvalue weighted by Crippen LogP contribution is -2.13. The van der Waals surface area contributed by atoms with Gasteiger partial charge < -0.3 is 14.0 Å². The zero-order chi connectivity index (χ0) is 21.8. The van der Waals surface area contributed by atoms with Crippen LogP contribution in [0.2, 0.25) is 0 Å². The summed E-state index contributed by atoms with van der Waals surface area (Å²) in [7, 11) is 0. The second-order valence-corrected chi connectivity index (χ2v) is 7.86. The van der Waals surface area contributed by atoms with Crippen LogP contribution in [0.3, 0.4) is 0 Å². The summed E-state index contributed by atoms with van der Waals surface area (Å²) >= 11 is 0. The fraction of sp³-hybridized carbons (Fsp3) is 0.179. The number of benzene rings is 4. The summed E-state index contributed by atoms with van der Waals surface area (Å²) in [6.07, 6.45) is 0.707. The Morgan fingerprint density at radius 1 is 0.812 bits per heavy atom. The molecular weight excluding hydrogens is 396 g/mol. The van der Waals surface area contributed by atoms with Crippen LogP contribution in [0.1, 0.15) is 25.3 Å². The van der Waals surface area contributed by atoms with E-state index in [0.29, 0.717) is 6.61 Å². The summed E-state index contributed by atoms with van der Waals surface area (Å²) in [6, 6.07) is 32.7. The first-order valence-corrected chi connectivity index (χ1v) is 11.1. The fourth-order valence-corrected chi connectivity index (χ4v) is 4.12. The predicted octanol–water partition coefficient (Wildman–Crippen LogP) is 6.80. The molecule has 0 bridgehead atoms. The van der Waals surface area contributed by atoms with Gasteiger partial charge in [0.25, 0.3) is 0 Å². The first kappa shape index (κ1) is 20.1. The van der Waals surface area contributed by atoms with Crippen molar-refractivity contribution >= 4 is 21.8 Å².